The smallest absolute Gasteiger partial charge is 0.423 e. The Hall–Kier alpha value is -2.32. The second-order valence-corrected chi connectivity index (χ2v) is 11.3. The Kier molecular flexibility index (Phi) is 6.94. The van der Waals surface area contributed by atoms with Gasteiger partial charge in [-0.1, -0.05) is 31.2 Å². The highest BCUT2D eigenvalue weighted by Crippen LogP contribution is 2.68. The number of nitrogens with zero attached hydrogens (tertiary/aromatic N) is 1. The molecule has 36 heavy (non-hydrogen) atoms. The molecule has 3 aliphatic rings. The lowest BCUT2D eigenvalue weighted by Crippen LogP contribution is -2.48. The maximum Gasteiger partial charge on any atom is 0.488 e. The van der Waals surface area contributed by atoms with Gasteiger partial charge in [0.1, 0.15) is 0 Å². The summed E-state index contributed by atoms with van der Waals surface area (Å²) >= 11 is 0. The van der Waals surface area contributed by atoms with Gasteiger partial charge in [-0.05, 0) is 84.5 Å². The maximum atomic E-state index is 15.5. The zero-order valence-electron chi connectivity index (χ0n) is 20.8. The van der Waals surface area contributed by atoms with E-state index in [9.17, 15) is 14.8 Å². The van der Waals surface area contributed by atoms with Crippen LogP contribution < -0.4 is 10.8 Å². The van der Waals surface area contributed by atoms with Gasteiger partial charge >= 0.3 is 7.12 Å². The number of nitrogens with one attached hydrogen (secondary N) is 1. The highest BCUT2D eigenvalue weighted by Gasteiger charge is 2.67. The fourth-order valence-electron chi connectivity index (χ4n) is 7.56. The first-order valence-electron chi connectivity index (χ1n) is 13.2. The molecule has 2 fully saturated rings. The van der Waals surface area contributed by atoms with Crippen LogP contribution in [0.1, 0.15) is 68.2 Å². The number of hydrogen-bond donors (Lipinski definition) is 3. The van der Waals surface area contributed by atoms with Crippen LogP contribution in [-0.4, -0.2) is 40.5 Å². The van der Waals surface area contributed by atoms with Crippen molar-refractivity contribution in [2.24, 2.45) is 23.2 Å². The molecule has 1 amide bonds. The third kappa shape index (κ3) is 4.58. The van der Waals surface area contributed by atoms with E-state index in [2.05, 4.69) is 10.3 Å². The summed E-state index contributed by atoms with van der Waals surface area (Å²) in [7, 11) is -1.50. The van der Waals surface area contributed by atoms with Crippen molar-refractivity contribution >= 4 is 18.5 Å². The largest absolute Gasteiger partial charge is 0.488 e. The van der Waals surface area contributed by atoms with E-state index in [1.807, 2.05) is 30.3 Å². The number of carbonyl (C=O) groups excluding carboxylic acids is 1. The van der Waals surface area contributed by atoms with E-state index in [1.54, 1.807) is 19.2 Å². The van der Waals surface area contributed by atoms with Crippen molar-refractivity contribution in [3.63, 3.8) is 0 Å². The Morgan fingerprint density at radius 2 is 2.06 bits per heavy atom. The summed E-state index contributed by atoms with van der Waals surface area (Å²) in [4.78, 5) is 16.8. The van der Waals surface area contributed by atoms with Gasteiger partial charge in [0.15, 0.2) is 0 Å². The first-order valence-corrected chi connectivity index (χ1v) is 13.2. The number of aromatic nitrogens is 1. The van der Waals surface area contributed by atoms with E-state index < -0.39 is 18.5 Å². The lowest BCUT2D eigenvalue weighted by molar-refractivity contribution is -0.133. The molecule has 3 unspecified atom stereocenters. The van der Waals surface area contributed by atoms with Crippen LogP contribution in [0.3, 0.4) is 0 Å². The van der Waals surface area contributed by atoms with Crippen LogP contribution in [0, 0.1) is 23.2 Å². The van der Waals surface area contributed by atoms with Crippen molar-refractivity contribution in [1.29, 1.82) is 0 Å². The quantitative estimate of drug-likeness (QED) is 0.512. The summed E-state index contributed by atoms with van der Waals surface area (Å²) in [5.41, 5.74) is 2.65. The molecule has 0 spiro atoms. The lowest BCUT2D eigenvalue weighted by Gasteiger charge is -2.51. The Morgan fingerprint density at radius 1 is 1.22 bits per heavy atom. The van der Waals surface area contributed by atoms with E-state index in [1.165, 1.54) is 5.56 Å². The number of amides is 1. The minimum absolute atomic E-state index is 0.0840. The van der Waals surface area contributed by atoms with Crippen LogP contribution in [0.15, 0.2) is 42.6 Å². The average Bonchev–Trinajstić information content (AvgIpc) is 3.07. The van der Waals surface area contributed by atoms with Crippen LogP contribution >= 0.6 is 0 Å². The molecule has 1 heterocycles. The van der Waals surface area contributed by atoms with Gasteiger partial charge in [-0.15, -0.1) is 0 Å². The van der Waals surface area contributed by atoms with Crippen LogP contribution in [0.4, 0.5) is 8.78 Å². The molecule has 0 radical (unpaired) electrons. The molecule has 192 valence electrons. The van der Waals surface area contributed by atoms with E-state index >= 15 is 8.78 Å². The van der Waals surface area contributed by atoms with E-state index in [-0.39, 0.29) is 42.4 Å². The molecule has 0 aliphatic heterocycles. The Labute approximate surface area is 211 Å². The summed E-state index contributed by atoms with van der Waals surface area (Å²) in [6, 6.07) is 11.3. The van der Waals surface area contributed by atoms with Gasteiger partial charge in [0.25, 0.3) is 5.92 Å². The molecular formula is C28H35BF2N2O3. The molecule has 5 nitrogen and oxygen atoms in total. The SMILES string of the molecule is C[C@]12CCC3c4ccc(B(O)O)cc4CCC3C1[C@H](CCC(=O)NCCc1ccccn1)CC2(F)F. The minimum Gasteiger partial charge on any atom is -0.423 e. The van der Waals surface area contributed by atoms with Crippen LogP contribution in [0.2, 0.25) is 0 Å². The molecule has 5 rings (SSSR count). The zero-order chi connectivity index (χ0) is 25.5. The van der Waals surface area contributed by atoms with Crippen molar-refractivity contribution in [3.05, 3.63) is 59.4 Å². The van der Waals surface area contributed by atoms with Gasteiger partial charge in [-0.25, -0.2) is 8.78 Å². The van der Waals surface area contributed by atoms with Crippen molar-refractivity contribution in [3.8, 4) is 0 Å². The van der Waals surface area contributed by atoms with Crippen molar-refractivity contribution < 1.29 is 23.6 Å². The standard InChI is InChI=1S/C28H35BF2N2O3/c1-27-13-11-23-22-9-7-20(29(35)36)16-18(22)5-8-24(23)26(27)19(17-28(27,30)31)6-10-25(34)33-15-12-21-4-2-3-14-32-21/h2-4,7,9,14,16,19,23-24,26,35-36H,5-6,8,10-13,15,17H2,1H3,(H,33,34)/t19-,23?,24?,26?,27+/m1/s1. The number of aryl methyl sites for hydroxylation is 1. The molecule has 3 N–H and O–H groups in total. The van der Waals surface area contributed by atoms with Crippen LogP contribution in [0.25, 0.3) is 0 Å². The van der Waals surface area contributed by atoms with Gasteiger partial charge < -0.3 is 15.4 Å². The molecule has 2 aromatic rings. The van der Waals surface area contributed by atoms with Gasteiger partial charge in [0, 0.05) is 43.1 Å². The molecule has 1 aromatic carbocycles. The number of rotatable bonds is 7. The number of benzene rings is 1. The first-order chi connectivity index (χ1) is 17.2. The summed E-state index contributed by atoms with van der Waals surface area (Å²) in [5, 5.41) is 22.1. The second-order valence-electron chi connectivity index (χ2n) is 11.3. The van der Waals surface area contributed by atoms with Crippen LogP contribution in [0.5, 0.6) is 0 Å². The normalized spacial score (nSPS) is 30.1. The van der Waals surface area contributed by atoms with Crippen LogP contribution in [-0.2, 0) is 17.6 Å². The number of halogens is 2. The zero-order valence-corrected chi connectivity index (χ0v) is 20.8. The molecular weight excluding hydrogens is 461 g/mol. The predicted octanol–water partition coefficient (Wildman–Crippen LogP) is 3.62. The summed E-state index contributed by atoms with van der Waals surface area (Å²) in [6.45, 7) is 2.27. The highest BCUT2D eigenvalue weighted by molar-refractivity contribution is 6.58. The topological polar surface area (TPSA) is 82.5 Å². The monoisotopic (exact) mass is 496 g/mol. The summed E-state index contributed by atoms with van der Waals surface area (Å²) in [5.74, 6) is -2.75. The lowest BCUT2D eigenvalue weighted by atomic mass is 9.53. The van der Waals surface area contributed by atoms with Crippen molar-refractivity contribution in [2.45, 2.75) is 70.1 Å². The number of hydrogen-bond acceptors (Lipinski definition) is 4. The summed E-state index contributed by atoms with van der Waals surface area (Å²) < 4.78 is 30.9. The fourth-order valence-corrected chi connectivity index (χ4v) is 7.56. The van der Waals surface area contributed by atoms with E-state index in [4.69, 9.17) is 0 Å². The Morgan fingerprint density at radius 3 is 2.81 bits per heavy atom. The molecule has 2 saturated carbocycles. The van der Waals surface area contributed by atoms with Crippen molar-refractivity contribution in [2.75, 3.05) is 6.54 Å². The second kappa shape index (κ2) is 9.86. The van der Waals surface area contributed by atoms with E-state index in [0.29, 0.717) is 31.3 Å². The third-order valence-corrected chi connectivity index (χ3v) is 9.33. The molecule has 1 aromatic heterocycles. The predicted molar refractivity (Wildman–Crippen MR) is 135 cm³/mol. The average molecular weight is 496 g/mol. The molecule has 5 atom stereocenters. The maximum absolute atomic E-state index is 15.5. The van der Waals surface area contributed by atoms with Gasteiger partial charge in [0.05, 0.1) is 0 Å². The molecule has 0 saturated heterocycles. The first kappa shape index (κ1) is 25.3. The molecule has 8 heteroatoms. The third-order valence-electron chi connectivity index (χ3n) is 9.33. The minimum atomic E-state index is -2.73. The fraction of sp³-hybridized carbons (Fsp3) is 0.571. The van der Waals surface area contributed by atoms with Gasteiger partial charge in [-0.2, -0.15) is 0 Å². The Balaban J connectivity index is 1.27. The van der Waals surface area contributed by atoms with E-state index in [0.717, 1.165) is 30.5 Å². The number of pyridine rings is 1. The highest BCUT2D eigenvalue weighted by atomic mass is 19.3. The van der Waals surface area contributed by atoms with Gasteiger partial charge in [0.2, 0.25) is 5.91 Å². The van der Waals surface area contributed by atoms with Gasteiger partial charge in [-0.3, -0.25) is 9.78 Å². The Bertz CT molecular complexity index is 1100. The number of alkyl halides is 2. The molecule has 0 bridgehead atoms. The number of carbonyl (C=O) groups is 1. The molecule has 3 aliphatic carbocycles. The number of fused-ring (bicyclic) bond motifs is 5. The van der Waals surface area contributed by atoms with Crippen molar-refractivity contribution in [1.82, 2.24) is 10.3 Å². The summed E-state index contributed by atoms with van der Waals surface area (Å²) in [6.07, 6.45) is 5.77.